The number of rotatable bonds is 4. The van der Waals surface area contributed by atoms with E-state index in [0.717, 1.165) is 0 Å². The molecule has 1 heterocycles. The summed E-state index contributed by atoms with van der Waals surface area (Å²) in [6.45, 7) is 0. The van der Waals surface area contributed by atoms with Crippen molar-refractivity contribution < 1.29 is 8.94 Å². The van der Waals surface area contributed by atoms with Crippen LogP contribution in [0.1, 0.15) is 0 Å². The molecule has 0 saturated heterocycles. The lowest BCUT2D eigenvalue weighted by atomic mass is 10.0. The van der Waals surface area contributed by atoms with Gasteiger partial charge in [-0.1, -0.05) is 24.3 Å². The maximum atomic E-state index is 14.8. The van der Waals surface area contributed by atoms with Gasteiger partial charge in [-0.25, -0.2) is 9.37 Å². The molecule has 3 rings (SSSR count). The fourth-order valence-electron chi connectivity index (χ4n) is 2.42. The number of aromatic nitrogens is 2. The van der Waals surface area contributed by atoms with E-state index >= 15 is 0 Å². The van der Waals surface area contributed by atoms with Crippen LogP contribution in [0, 0.1) is 5.82 Å². The lowest BCUT2D eigenvalue weighted by molar-refractivity contribution is 0.520. The molecule has 0 radical (unpaired) electrons. The minimum absolute atomic E-state index is 0.306. The van der Waals surface area contributed by atoms with Gasteiger partial charge in [0.1, 0.15) is 11.6 Å². The largest absolute Gasteiger partial charge is 0.593 e. The zero-order valence-electron chi connectivity index (χ0n) is 13.8. The first-order valence-electron chi connectivity index (χ1n) is 7.53. The van der Waals surface area contributed by atoms with Crippen LogP contribution in [0.25, 0.3) is 22.4 Å². The highest BCUT2D eigenvalue weighted by Crippen LogP contribution is 2.32. The molecular weight excluding hydrogens is 339 g/mol. The van der Waals surface area contributed by atoms with E-state index in [9.17, 15) is 8.94 Å². The van der Waals surface area contributed by atoms with Gasteiger partial charge in [0, 0.05) is 30.8 Å². The first kappa shape index (κ1) is 17.3. The highest BCUT2D eigenvalue weighted by molar-refractivity contribution is 7.89. The molecule has 1 unspecified atom stereocenters. The van der Waals surface area contributed by atoms with Gasteiger partial charge in [0.2, 0.25) is 0 Å². The summed E-state index contributed by atoms with van der Waals surface area (Å²) in [4.78, 5) is 8.68. The quantitative estimate of drug-likeness (QED) is 0.727. The maximum Gasteiger partial charge on any atom is 0.182 e. The van der Waals surface area contributed by atoms with Gasteiger partial charge in [-0.15, -0.1) is 4.31 Å². The van der Waals surface area contributed by atoms with E-state index in [-0.39, 0.29) is 0 Å². The van der Waals surface area contributed by atoms with Crippen LogP contribution >= 0.6 is 0 Å². The molecule has 0 amide bonds. The van der Waals surface area contributed by atoms with Crippen molar-refractivity contribution >= 4 is 17.2 Å². The van der Waals surface area contributed by atoms with Crippen molar-refractivity contribution in [3.8, 4) is 22.4 Å². The van der Waals surface area contributed by atoms with Crippen molar-refractivity contribution in [2.45, 2.75) is 4.90 Å². The van der Waals surface area contributed by atoms with E-state index in [2.05, 4.69) is 9.97 Å². The Hall–Kier alpha value is -2.48. The molecule has 0 bridgehead atoms. The number of hydrogen-bond acceptors (Lipinski definition) is 5. The molecule has 2 N–H and O–H groups in total. The first-order chi connectivity index (χ1) is 12.0. The molecule has 2 aromatic carbocycles. The van der Waals surface area contributed by atoms with Gasteiger partial charge in [0.05, 0.1) is 29.4 Å². The zero-order chi connectivity index (χ0) is 18.0. The van der Waals surface area contributed by atoms with Gasteiger partial charge >= 0.3 is 0 Å². The molecule has 5 nitrogen and oxygen atoms in total. The number of nitrogens with two attached hydrogens (primary N) is 1. The Morgan fingerprint density at radius 2 is 1.80 bits per heavy atom. The second kappa shape index (κ2) is 7.18. The number of nitrogen functional groups attached to an aromatic ring is 1. The van der Waals surface area contributed by atoms with Crippen molar-refractivity contribution in [3.05, 3.63) is 60.7 Å². The second-order valence-corrected chi connectivity index (χ2v) is 7.25. The number of benzene rings is 2. The normalized spacial score (nSPS) is 12.4. The third-order valence-electron chi connectivity index (χ3n) is 3.63. The minimum atomic E-state index is -1.37. The maximum absolute atomic E-state index is 14.8. The van der Waals surface area contributed by atoms with E-state index < -0.39 is 17.2 Å². The topological polar surface area (TPSA) is 78.1 Å². The predicted octanol–water partition coefficient (Wildman–Crippen LogP) is 3.12. The van der Waals surface area contributed by atoms with Crippen LogP contribution < -0.4 is 5.73 Å². The summed E-state index contributed by atoms with van der Waals surface area (Å²) in [5.74, 6) is -0.111. The minimum Gasteiger partial charge on any atom is -0.593 e. The van der Waals surface area contributed by atoms with Gasteiger partial charge < -0.3 is 10.3 Å². The Bertz CT molecular complexity index is 886. The van der Waals surface area contributed by atoms with Gasteiger partial charge in [-0.2, -0.15) is 0 Å². The molecule has 128 valence electrons. The second-order valence-electron chi connectivity index (χ2n) is 5.58. The van der Waals surface area contributed by atoms with E-state index in [0.29, 0.717) is 33.1 Å². The van der Waals surface area contributed by atoms with Gasteiger partial charge in [-0.05, 0) is 18.2 Å². The van der Waals surface area contributed by atoms with Crippen molar-refractivity contribution in [3.63, 3.8) is 0 Å². The van der Waals surface area contributed by atoms with Gasteiger partial charge in [0.25, 0.3) is 0 Å². The molecule has 1 aromatic heterocycles. The average Bonchev–Trinajstić information content (AvgIpc) is 2.61. The third-order valence-corrected chi connectivity index (χ3v) is 5.03. The zero-order valence-corrected chi connectivity index (χ0v) is 14.6. The molecule has 1 atom stereocenters. The average molecular weight is 356 g/mol. The summed E-state index contributed by atoms with van der Waals surface area (Å²) >= 11 is -1.37. The van der Waals surface area contributed by atoms with Crippen LogP contribution in [-0.2, 0) is 11.4 Å². The molecule has 0 spiro atoms. The van der Waals surface area contributed by atoms with Crippen LogP contribution in [0.4, 0.5) is 10.2 Å². The highest BCUT2D eigenvalue weighted by atomic mass is 32.2. The Balaban J connectivity index is 2.04. The highest BCUT2D eigenvalue weighted by Gasteiger charge is 2.21. The van der Waals surface area contributed by atoms with Crippen LogP contribution in [0.3, 0.4) is 0 Å². The molecule has 0 fully saturated rings. The smallest absolute Gasteiger partial charge is 0.182 e. The summed E-state index contributed by atoms with van der Waals surface area (Å²) < 4.78 is 28.8. The lowest BCUT2D eigenvalue weighted by Gasteiger charge is -2.18. The molecule has 0 saturated carbocycles. The van der Waals surface area contributed by atoms with Gasteiger partial charge in [-0.3, -0.25) is 4.98 Å². The van der Waals surface area contributed by atoms with Crippen molar-refractivity contribution in [1.29, 1.82) is 0 Å². The SMILES string of the molecule is CN(C)[S+]([O-])c1ccccc1-c1ccc(-c2cnc(N)cn2)cc1F. The molecular formula is C18H17FN4OS. The number of anilines is 1. The van der Waals surface area contributed by atoms with Crippen LogP contribution in [0.2, 0.25) is 0 Å². The first-order valence-corrected chi connectivity index (χ1v) is 8.64. The fraction of sp³-hybridized carbons (Fsp3) is 0.111. The van der Waals surface area contributed by atoms with Crippen LogP contribution in [0.15, 0.2) is 59.8 Å². The van der Waals surface area contributed by atoms with Crippen molar-refractivity contribution in [2.75, 3.05) is 19.8 Å². The summed E-state index contributed by atoms with van der Waals surface area (Å²) in [6, 6.07) is 11.9. The van der Waals surface area contributed by atoms with Crippen molar-refractivity contribution in [2.24, 2.45) is 0 Å². The molecule has 0 aliphatic heterocycles. The van der Waals surface area contributed by atoms with E-state index in [1.807, 2.05) is 0 Å². The summed E-state index contributed by atoms with van der Waals surface area (Å²) in [5, 5.41) is 0. The Kier molecular flexibility index (Phi) is 4.98. The van der Waals surface area contributed by atoms with Crippen LogP contribution in [-0.4, -0.2) is 32.9 Å². The van der Waals surface area contributed by atoms with E-state index in [1.165, 1.54) is 18.5 Å². The van der Waals surface area contributed by atoms with Crippen LogP contribution in [0.5, 0.6) is 0 Å². The third kappa shape index (κ3) is 3.63. The Labute approximate surface area is 148 Å². The van der Waals surface area contributed by atoms with Crippen molar-refractivity contribution in [1.82, 2.24) is 14.3 Å². The fourth-order valence-corrected chi connectivity index (χ4v) is 3.37. The number of hydrogen-bond donors (Lipinski definition) is 1. The molecule has 3 aromatic rings. The number of nitrogens with zero attached hydrogens (tertiary/aromatic N) is 3. The summed E-state index contributed by atoms with van der Waals surface area (Å²) in [6.07, 6.45) is 2.93. The summed E-state index contributed by atoms with van der Waals surface area (Å²) in [5.41, 5.74) is 7.64. The lowest BCUT2D eigenvalue weighted by Crippen LogP contribution is -2.22. The molecule has 7 heteroatoms. The van der Waals surface area contributed by atoms with E-state index in [1.54, 1.807) is 54.8 Å². The van der Waals surface area contributed by atoms with E-state index in [4.69, 9.17) is 5.73 Å². The molecule has 0 aliphatic carbocycles. The Morgan fingerprint density at radius 1 is 1.04 bits per heavy atom. The predicted molar refractivity (Wildman–Crippen MR) is 97.4 cm³/mol. The molecule has 0 aliphatic rings. The van der Waals surface area contributed by atoms with Gasteiger partial charge in [0.15, 0.2) is 4.90 Å². The molecule has 25 heavy (non-hydrogen) atoms. The standard InChI is InChI=1S/C18H17FN4OS/c1-23(2)25(24)17-6-4-3-5-14(17)13-8-7-12(9-15(13)19)16-10-22-18(20)11-21-16/h3-11H,1-2H3,(H2,20,22). The summed E-state index contributed by atoms with van der Waals surface area (Å²) in [7, 11) is 3.43. The number of halogens is 1. The monoisotopic (exact) mass is 356 g/mol. The Morgan fingerprint density at radius 3 is 2.44 bits per heavy atom.